The number of carbonyl (C=O) groups is 2. The second-order valence-electron chi connectivity index (χ2n) is 7.37. The highest BCUT2D eigenvalue weighted by Gasteiger charge is 2.65. The van der Waals surface area contributed by atoms with Crippen molar-refractivity contribution in [3.05, 3.63) is 30.1 Å². The van der Waals surface area contributed by atoms with E-state index in [0.29, 0.717) is 0 Å². The summed E-state index contributed by atoms with van der Waals surface area (Å²) in [6.45, 7) is -2.76. The first-order valence-electron chi connectivity index (χ1n) is 10.3. The highest BCUT2D eigenvalue weighted by Crippen LogP contribution is 2.70. The molecule has 2 aromatic rings. The van der Waals surface area contributed by atoms with Crippen LogP contribution in [0.3, 0.4) is 0 Å². The number of rotatable bonds is 6. The number of amides is 2. The van der Waals surface area contributed by atoms with Crippen LogP contribution in [-0.4, -0.2) is 44.4 Å². The molecule has 0 radical (unpaired) electrons. The average Bonchev–Trinajstić information content (AvgIpc) is 3.59. The number of nitrogens with zero attached hydrogens (tertiary/aromatic N) is 3. The van der Waals surface area contributed by atoms with E-state index in [9.17, 15) is 13.8 Å². The van der Waals surface area contributed by atoms with Crippen molar-refractivity contribution in [3.63, 3.8) is 0 Å². The fourth-order valence-electron chi connectivity index (χ4n) is 3.35. The van der Waals surface area contributed by atoms with Gasteiger partial charge in [0.1, 0.15) is 5.82 Å². The van der Waals surface area contributed by atoms with Crippen LogP contribution in [0.15, 0.2) is 29.3 Å². The maximum Gasteiger partial charge on any atom is 0.273 e. The lowest BCUT2D eigenvalue weighted by molar-refractivity contribution is -0.117. The largest absolute Gasteiger partial charge is 0.354 e. The Labute approximate surface area is 172 Å². The number of pyridine rings is 1. The summed E-state index contributed by atoms with van der Waals surface area (Å²) in [5, 5.41) is 14.9. The van der Waals surface area contributed by atoms with E-state index in [0.717, 1.165) is 19.3 Å². The van der Waals surface area contributed by atoms with Crippen molar-refractivity contribution >= 4 is 38.9 Å². The van der Waals surface area contributed by atoms with E-state index in [1.54, 1.807) is 0 Å². The topological polar surface area (TPSA) is 150 Å². The molecule has 11 heteroatoms. The highest BCUT2D eigenvalue weighted by molar-refractivity contribution is 7.91. The van der Waals surface area contributed by atoms with Crippen molar-refractivity contribution in [2.45, 2.75) is 24.2 Å². The minimum Gasteiger partial charge on any atom is -0.354 e. The van der Waals surface area contributed by atoms with Gasteiger partial charge in [-0.05, 0) is 36.8 Å². The molecule has 2 aromatic heterocycles. The molecule has 10 nitrogen and oxygen atoms in total. The SMILES string of the molecule is [2H]C([2H])([2H])NC(=O)c1nnc(NC(=O)C2CC23CC3)cc1Nc1ncccc1S(C)(=N)=O. The fraction of sp³-hybridized carbons (Fsp3) is 0.389. The number of hydrogen-bond acceptors (Lipinski definition) is 8. The number of nitrogens with one attached hydrogen (secondary N) is 4. The van der Waals surface area contributed by atoms with Crippen molar-refractivity contribution in [1.82, 2.24) is 20.5 Å². The summed E-state index contributed by atoms with van der Waals surface area (Å²) < 4.78 is 41.9. The first-order valence-corrected chi connectivity index (χ1v) is 10.8. The Hall–Kier alpha value is -3.08. The van der Waals surface area contributed by atoms with Crippen molar-refractivity contribution in [1.29, 1.82) is 4.78 Å². The molecular weight excluding hydrogens is 394 g/mol. The Kier molecular flexibility index (Phi) is 3.68. The molecule has 0 saturated heterocycles. The molecule has 2 amide bonds. The van der Waals surface area contributed by atoms with E-state index in [-0.39, 0.29) is 45.2 Å². The molecule has 0 bridgehead atoms. The molecule has 2 saturated carbocycles. The third-order valence-electron chi connectivity index (χ3n) is 5.22. The minimum atomic E-state index is -3.17. The molecule has 2 heterocycles. The normalized spacial score (nSPS) is 22.4. The van der Waals surface area contributed by atoms with E-state index in [2.05, 4.69) is 25.8 Å². The Morgan fingerprint density at radius 3 is 2.83 bits per heavy atom. The van der Waals surface area contributed by atoms with E-state index in [4.69, 9.17) is 8.89 Å². The van der Waals surface area contributed by atoms with Crippen LogP contribution in [0.25, 0.3) is 0 Å². The second-order valence-corrected chi connectivity index (χ2v) is 9.50. The van der Waals surface area contributed by atoms with Gasteiger partial charge in [-0.1, -0.05) is 0 Å². The summed E-state index contributed by atoms with van der Waals surface area (Å²) in [5.41, 5.74) is -0.248. The minimum absolute atomic E-state index is 0.0161. The van der Waals surface area contributed by atoms with Gasteiger partial charge in [-0.2, -0.15) is 0 Å². The molecule has 2 aliphatic carbocycles. The van der Waals surface area contributed by atoms with Crippen LogP contribution in [-0.2, 0) is 14.5 Å². The first-order chi connectivity index (χ1) is 14.9. The monoisotopic (exact) mass is 418 g/mol. The predicted molar refractivity (Wildman–Crippen MR) is 106 cm³/mol. The molecule has 2 fully saturated rings. The van der Waals surface area contributed by atoms with Crippen LogP contribution < -0.4 is 16.0 Å². The summed E-state index contributed by atoms with van der Waals surface area (Å²) in [6.07, 6.45) is 5.52. The smallest absolute Gasteiger partial charge is 0.273 e. The highest BCUT2D eigenvalue weighted by atomic mass is 32.2. The first kappa shape index (κ1) is 15.8. The molecule has 2 unspecified atom stereocenters. The molecule has 152 valence electrons. The van der Waals surface area contributed by atoms with E-state index < -0.39 is 22.6 Å². The van der Waals surface area contributed by atoms with Gasteiger partial charge < -0.3 is 16.0 Å². The molecule has 0 aromatic carbocycles. The van der Waals surface area contributed by atoms with Gasteiger partial charge in [0.2, 0.25) is 5.91 Å². The fourth-order valence-corrected chi connectivity index (χ4v) is 4.16. The van der Waals surface area contributed by atoms with Crippen LogP contribution >= 0.6 is 0 Å². The lowest BCUT2D eigenvalue weighted by atomic mass is 10.2. The summed E-state index contributed by atoms with van der Waals surface area (Å²) in [4.78, 5) is 29.1. The number of hydrogen-bond donors (Lipinski definition) is 4. The quantitative estimate of drug-likeness (QED) is 0.558. The van der Waals surface area contributed by atoms with Gasteiger partial charge >= 0.3 is 0 Å². The predicted octanol–water partition coefficient (Wildman–Crippen LogP) is 1.75. The Morgan fingerprint density at radius 2 is 2.17 bits per heavy atom. The molecule has 0 aliphatic heterocycles. The molecule has 4 rings (SSSR count). The number of anilines is 3. The number of aromatic nitrogens is 3. The van der Waals surface area contributed by atoms with Crippen molar-refractivity contribution in [3.8, 4) is 0 Å². The van der Waals surface area contributed by atoms with E-state index in [1.807, 2.05) is 5.32 Å². The molecule has 4 N–H and O–H groups in total. The Bertz CT molecular complexity index is 1210. The maximum atomic E-state index is 12.5. The molecule has 1 spiro atoms. The van der Waals surface area contributed by atoms with Crippen LogP contribution in [0.1, 0.15) is 33.9 Å². The van der Waals surface area contributed by atoms with Crippen LogP contribution in [0.4, 0.5) is 17.3 Å². The lowest BCUT2D eigenvalue weighted by Crippen LogP contribution is -2.23. The summed E-state index contributed by atoms with van der Waals surface area (Å²) >= 11 is 0. The molecular formula is C18H21N7O3S. The average molecular weight is 418 g/mol. The maximum absolute atomic E-state index is 12.5. The lowest BCUT2D eigenvalue weighted by Gasteiger charge is -2.14. The molecule has 2 aliphatic rings. The van der Waals surface area contributed by atoms with E-state index in [1.165, 1.54) is 30.7 Å². The van der Waals surface area contributed by atoms with Crippen LogP contribution in [0.5, 0.6) is 0 Å². The standard InChI is InChI=1S/C18H21N7O3S/c1-20-17(27)14-11(22-15-12(29(2,19)28)4-3-7-21-15)8-13(24-25-14)23-16(26)10-9-18(10)5-6-18/h3-4,7-8,10,19H,5-6,9H2,1-2H3,(H,20,27)(H2,21,22,23,24,26)/i1D3. The van der Waals surface area contributed by atoms with Gasteiger partial charge in [0.15, 0.2) is 11.5 Å². The summed E-state index contributed by atoms with van der Waals surface area (Å²) in [6, 6.07) is 4.29. The second kappa shape index (κ2) is 6.76. The Morgan fingerprint density at radius 1 is 1.38 bits per heavy atom. The zero-order valence-corrected chi connectivity index (χ0v) is 16.3. The van der Waals surface area contributed by atoms with Gasteiger partial charge in [-0.25, -0.2) is 14.0 Å². The third kappa shape index (κ3) is 3.77. The zero-order chi connectivity index (χ0) is 23.3. The van der Waals surface area contributed by atoms with Crippen LogP contribution in [0, 0.1) is 16.1 Å². The molecule has 2 atom stereocenters. The van der Waals surface area contributed by atoms with Crippen molar-refractivity contribution < 1.29 is 17.9 Å². The van der Waals surface area contributed by atoms with Crippen molar-refractivity contribution in [2.24, 2.45) is 11.3 Å². The van der Waals surface area contributed by atoms with Gasteiger partial charge in [0.05, 0.1) is 20.3 Å². The van der Waals surface area contributed by atoms with Crippen LogP contribution in [0.2, 0.25) is 0 Å². The molecule has 29 heavy (non-hydrogen) atoms. The summed E-state index contributed by atoms with van der Waals surface area (Å²) in [5.74, 6) is -1.20. The van der Waals surface area contributed by atoms with E-state index >= 15 is 0 Å². The third-order valence-corrected chi connectivity index (χ3v) is 6.38. The van der Waals surface area contributed by atoms with Crippen molar-refractivity contribution in [2.75, 3.05) is 23.9 Å². The van der Waals surface area contributed by atoms with Gasteiger partial charge in [-0.15, -0.1) is 10.2 Å². The number of carbonyl (C=O) groups excluding carboxylic acids is 2. The van der Waals surface area contributed by atoms with Gasteiger partial charge in [0.25, 0.3) is 5.91 Å². The summed E-state index contributed by atoms with van der Waals surface area (Å²) in [7, 11) is -3.17. The Balaban J connectivity index is 1.67. The van der Waals surface area contributed by atoms with Gasteiger partial charge in [-0.3, -0.25) is 9.59 Å². The zero-order valence-electron chi connectivity index (χ0n) is 18.5. The van der Waals surface area contributed by atoms with Gasteiger partial charge in [0, 0.05) is 35.5 Å².